The molecule has 0 aliphatic heterocycles. The number of rotatable bonds is 4. The maximum Gasteiger partial charge on any atom is 0.335 e. The number of esters is 1. The Hall–Kier alpha value is -0.610. The maximum absolute atomic E-state index is 10.7. The number of methoxy groups -OCH3 is 2. The zero-order chi connectivity index (χ0) is 7.98. The highest BCUT2D eigenvalue weighted by Crippen LogP contribution is 1.96. The predicted octanol–water partition coefficient (Wildman–Crippen LogP) is -0.477. The van der Waals surface area contributed by atoms with Crippen LogP contribution in [0.5, 0.6) is 0 Å². The van der Waals surface area contributed by atoms with Gasteiger partial charge in [-0.05, 0) is 13.0 Å². The fraction of sp³-hybridized carbons (Fsp3) is 0.833. The maximum atomic E-state index is 10.7. The fourth-order valence-corrected chi connectivity index (χ4v) is 0.615. The van der Waals surface area contributed by atoms with Gasteiger partial charge in [-0.1, -0.05) is 0 Å². The van der Waals surface area contributed by atoms with Gasteiger partial charge < -0.3 is 15.2 Å². The first-order chi connectivity index (χ1) is 4.76. The van der Waals surface area contributed by atoms with Gasteiger partial charge >= 0.3 is 5.97 Å². The van der Waals surface area contributed by atoms with Crippen molar-refractivity contribution in [3.63, 3.8) is 0 Å². The summed E-state index contributed by atoms with van der Waals surface area (Å²) >= 11 is 0. The molecule has 1 atom stereocenters. The molecule has 0 radical (unpaired) electrons. The molecule has 0 spiro atoms. The van der Waals surface area contributed by atoms with E-state index in [-0.39, 0.29) is 5.97 Å². The molecule has 4 heteroatoms. The van der Waals surface area contributed by atoms with E-state index in [0.29, 0.717) is 13.0 Å². The lowest BCUT2D eigenvalue weighted by atomic mass is 10.2. The molecule has 0 aromatic rings. The number of carbonyl (C=O) groups is 1. The van der Waals surface area contributed by atoms with E-state index in [2.05, 4.69) is 4.74 Å². The highest BCUT2D eigenvalue weighted by atomic mass is 16.6. The summed E-state index contributed by atoms with van der Waals surface area (Å²) in [6, 6.07) is 0. The average molecular weight is 147 g/mol. The highest BCUT2D eigenvalue weighted by molar-refractivity contribution is 5.74. The first kappa shape index (κ1) is 9.39. The van der Waals surface area contributed by atoms with Crippen molar-refractivity contribution in [2.24, 2.45) is 5.73 Å². The van der Waals surface area contributed by atoms with E-state index < -0.39 is 6.10 Å². The Kier molecular flexibility index (Phi) is 4.88. The van der Waals surface area contributed by atoms with Crippen LogP contribution in [0.2, 0.25) is 0 Å². The van der Waals surface area contributed by atoms with E-state index in [0.717, 1.165) is 0 Å². The molecule has 60 valence electrons. The molecule has 0 heterocycles. The van der Waals surface area contributed by atoms with Crippen molar-refractivity contribution in [1.29, 1.82) is 0 Å². The zero-order valence-corrected chi connectivity index (χ0v) is 6.29. The third-order valence-corrected chi connectivity index (χ3v) is 1.18. The SMILES string of the molecule is COC(=O)[C@@H](CCN)OC. The topological polar surface area (TPSA) is 61.5 Å². The van der Waals surface area contributed by atoms with E-state index in [1.807, 2.05) is 0 Å². The van der Waals surface area contributed by atoms with Crippen molar-refractivity contribution < 1.29 is 14.3 Å². The average Bonchev–Trinajstić information content (AvgIpc) is 1.99. The fourth-order valence-electron chi connectivity index (χ4n) is 0.615. The Bertz CT molecular complexity index is 105. The minimum atomic E-state index is -0.505. The van der Waals surface area contributed by atoms with Gasteiger partial charge in [-0.15, -0.1) is 0 Å². The second-order valence-corrected chi connectivity index (χ2v) is 1.82. The molecule has 4 nitrogen and oxygen atoms in total. The standard InChI is InChI=1S/C6H13NO3/c1-9-5(3-4-7)6(8)10-2/h5H,3-4,7H2,1-2H3/t5-/m1/s1. The van der Waals surface area contributed by atoms with E-state index >= 15 is 0 Å². The van der Waals surface area contributed by atoms with Crippen LogP contribution < -0.4 is 5.73 Å². The van der Waals surface area contributed by atoms with Gasteiger partial charge in [-0.3, -0.25) is 0 Å². The largest absolute Gasteiger partial charge is 0.467 e. The monoisotopic (exact) mass is 147 g/mol. The first-order valence-electron chi connectivity index (χ1n) is 3.07. The normalized spacial score (nSPS) is 12.7. The van der Waals surface area contributed by atoms with E-state index in [1.54, 1.807) is 0 Å². The van der Waals surface area contributed by atoms with Crippen molar-refractivity contribution in [1.82, 2.24) is 0 Å². The molecule has 2 N–H and O–H groups in total. The second kappa shape index (κ2) is 5.20. The smallest absolute Gasteiger partial charge is 0.335 e. The third kappa shape index (κ3) is 2.80. The van der Waals surface area contributed by atoms with Gasteiger partial charge in [-0.25, -0.2) is 4.79 Å². The predicted molar refractivity (Wildman–Crippen MR) is 36.5 cm³/mol. The second-order valence-electron chi connectivity index (χ2n) is 1.82. The molecule has 0 aromatic carbocycles. The van der Waals surface area contributed by atoms with Crippen LogP contribution in [0, 0.1) is 0 Å². The molecule has 0 rings (SSSR count). The number of hydrogen-bond donors (Lipinski definition) is 1. The van der Waals surface area contributed by atoms with Gasteiger partial charge in [0.15, 0.2) is 6.10 Å². The molecule has 0 fully saturated rings. The molecule has 0 aliphatic carbocycles. The third-order valence-electron chi connectivity index (χ3n) is 1.18. The van der Waals surface area contributed by atoms with Crippen LogP contribution in [0.4, 0.5) is 0 Å². The van der Waals surface area contributed by atoms with Gasteiger partial charge in [0, 0.05) is 7.11 Å². The van der Waals surface area contributed by atoms with Crippen LogP contribution in [0.1, 0.15) is 6.42 Å². The molecule has 0 saturated carbocycles. The summed E-state index contributed by atoms with van der Waals surface area (Å²) in [5.74, 6) is -0.368. The Labute approximate surface area is 60.3 Å². The summed E-state index contributed by atoms with van der Waals surface area (Å²) in [6.45, 7) is 0.424. The zero-order valence-electron chi connectivity index (χ0n) is 6.29. The molecule has 0 amide bonds. The minimum Gasteiger partial charge on any atom is -0.467 e. The number of nitrogens with two attached hydrogens (primary N) is 1. The molecular weight excluding hydrogens is 134 g/mol. The van der Waals surface area contributed by atoms with Crippen molar-refractivity contribution in [3.05, 3.63) is 0 Å². The van der Waals surface area contributed by atoms with Gasteiger partial charge in [0.05, 0.1) is 7.11 Å². The van der Waals surface area contributed by atoms with Crippen molar-refractivity contribution in [2.45, 2.75) is 12.5 Å². The Morgan fingerprint density at radius 2 is 2.20 bits per heavy atom. The summed E-state index contributed by atoms with van der Waals surface area (Å²) in [4.78, 5) is 10.7. The molecule has 0 unspecified atom stereocenters. The van der Waals surface area contributed by atoms with Gasteiger partial charge in [0.1, 0.15) is 0 Å². The van der Waals surface area contributed by atoms with Gasteiger partial charge in [0.25, 0.3) is 0 Å². The molecule has 10 heavy (non-hydrogen) atoms. The molecule has 0 bridgehead atoms. The van der Waals surface area contributed by atoms with Crippen LogP contribution in [-0.4, -0.2) is 32.8 Å². The van der Waals surface area contributed by atoms with Crippen molar-refractivity contribution >= 4 is 5.97 Å². The number of carbonyl (C=O) groups excluding carboxylic acids is 1. The highest BCUT2D eigenvalue weighted by Gasteiger charge is 2.16. The van der Waals surface area contributed by atoms with Crippen molar-refractivity contribution in [3.8, 4) is 0 Å². The lowest BCUT2D eigenvalue weighted by molar-refractivity contribution is -0.152. The molecule has 0 saturated heterocycles. The Balaban J connectivity index is 3.68. The quantitative estimate of drug-likeness (QED) is 0.546. The van der Waals surface area contributed by atoms with Gasteiger partial charge in [-0.2, -0.15) is 0 Å². The molecule has 0 aromatic heterocycles. The lowest BCUT2D eigenvalue weighted by Crippen LogP contribution is -2.26. The van der Waals surface area contributed by atoms with Crippen LogP contribution in [0.15, 0.2) is 0 Å². The van der Waals surface area contributed by atoms with Crippen LogP contribution >= 0.6 is 0 Å². The van der Waals surface area contributed by atoms with Crippen LogP contribution in [-0.2, 0) is 14.3 Å². The lowest BCUT2D eigenvalue weighted by Gasteiger charge is -2.10. The first-order valence-corrected chi connectivity index (χ1v) is 3.07. The van der Waals surface area contributed by atoms with Gasteiger partial charge in [0.2, 0.25) is 0 Å². The Morgan fingerprint density at radius 1 is 1.60 bits per heavy atom. The van der Waals surface area contributed by atoms with Crippen LogP contribution in [0.3, 0.4) is 0 Å². The summed E-state index contributed by atoms with van der Waals surface area (Å²) in [7, 11) is 2.78. The van der Waals surface area contributed by atoms with E-state index in [9.17, 15) is 4.79 Å². The summed E-state index contributed by atoms with van der Waals surface area (Å²) in [6.07, 6.45) is -0.00148. The van der Waals surface area contributed by atoms with E-state index in [4.69, 9.17) is 10.5 Å². The summed E-state index contributed by atoms with van der Waals surface area (Å²) < 4.78 is 9.23. The summed E-state index contributed by atoms with van der Waals surface area (Å²) in [5.41, 5.74) is 5.21. The molecular formula is C6H13NO3. The number of hydrogen-bond acceptors (Lipinski definition) is 4. The number of ether oxygens (including phenoxy) is 2. The van der Waals surface area contributed by atoms with Crippen molar-refractivity contribution in [2.75, 3.05) is 20.8 Å². The summed E-state index contributed by atoms with van der Waals surface area (Å²) in [5, 5.41) is 0. The van der Waals surface area contributed by atoms with E-state index in [1.165, 1.54) is 14.2 Å². The Morgan fingerprint density at radius 3 is 2.50 bits per heavy atom. The van der Waals surface area contributed by atoms with Crippen LogP contribution in [0.25, 0.3) is 0 Å². The minimum absolute atomic E-state index is 0.368. The molecule has 0 aliphatic rings.